The van der Waals surface area contributed by atoms with Gasteiger partial charge in [0, 0.05) is 24.7 Å². The third-order valence-electron chi connectivity index (χ3n) is 6.00. The first-order valence-electron chi connectivity index (χ1n) is 10.5. The van der Waals surface area contributed by atoms with Gasteiger partial charge in [-0.25, -0.2) is 8.42 Å². The normalized spacial score (nSPS) is 19.5. The Bertz CT molecular complexity index is 965. The molecule has 2 aromatic carbocycles. The van der Waals surface area contributed by atoms with E-state index in [9.17, 15) is 8.42 Å². The van der Waals surface area contributed by atoms with Gasteiger partial charge in [-0.15, -0.1) is 0 Å². The second kappa shape index (κ2) is 8.72. The second-order valence-corrected chi connectivity index (χ2v) is 9.97. The number of hydrogen-bond acceptors (Lipinski definition) is 4. The highest BCUT2D eigenvalue weighted by molar-refractivity contribution is 7.95. The predicted octanol–water partition coefficient (Wildman–Crippen LogP) is 4.85. The molecular formula is C24H29NO3S. The molecule has 0 unspecified atom stereocenters. The van der Waals surface area contributed by atoms with Crippen molar-refractivity contribution in [2.45, 2.75) is 56.6 Å². The average molecular weight is 412 g/mol. The molecule has 0 N–H and O–H groups in total. The van der Waals surface area contributed by atoms with E-state index in [0.29, 0.717) is 41.9 Å². The van der Waals surface area contributed by atoms with Crippen LogP contribution in [0.15, 0.2) is 70.1 Å². The molecule has 2 aliphatic rings. The number of rotatable bonds is 7. The van der Waals surface area contributed by atoms with Crippen molar-refractivity contribution >= 4 is 9.84 Å². The van der Waals surface area contributed by atoms with Gasteiger partial charge in [-0.1, -0.05) is 48.0 Å². The summed E-state index contributed by atoms with van der Waals surface area (Å²) in [5.41, 5.74) is 3.18. The Morgan fingerprint density at radius 1 is 1.03 bits per heavy atom. The van der Waals surface area contributed by atoms with Gasteiger partial charge in [-0.2, -0.15) is 0 Å². The third kappa shape index (κ3) is 4.41. The first-order chi connectivity index (χ1) is 14.1. The van der Waals surface area contributed by atoms with E-state index >= 15 is 0 Å². The Morgan fingerprint density at radius 2 is 1.79 bits per heavy atom. The summed E-state index contributed by atoms with van der Waals surface area (Å²) >= 11 is 0. The molecule has 5 heteroatoms. The molecule has 0 bridgehead atoms. The summed E-state index contributed by atoms with van der Waals surface area (Å²) in [4.78, 5) is 3.34. The quantitative estimate of drug-likeness (QED) is 0.611. The molecule has 0 radical (unpaired) electrons. The van der Waals surface area contributed by atoms with E-state index in [2.05, 4.69) is 4.90 Å². The van der Waals surface area contributed by atoms with E-state index in [-0.39, 0.29) is 0 Å². The van der Waals surface area contributed by atoms with E-state index in [1.807, 2.05) is 49.4 Å². The van der Waals surface area contributed by atoms with Crippen molar-refractivity contribution in [2.75, 3.05) is 13.2 Å². The van der Waals surface area contributed by atoms with Crippen LogP contribution in [0.5, 0.6) is 0 Å². The second-order valence-electron chi connectivity index (χ2n) is 8.00. The molecule has 2 aliphatic heterocycles. The fourth-order valence-corrected chi connectivity index (χ4v) is 6.15. The highest BCUT2D eigenvalue weighted by Gasteiger charge is 2.36. The minimum Gasteiger partial charge on any atom is -0.376 e. The third-order valence-corrected chi connectivity index (χ3v) is 7.98. The van der Waals surface area contributed by atoms with E-state index in [1.165, 1.54) is 0 Å². The van der Waals surface area contributed by atoms with Gasteiger partial charge in [0.1, 0.15) is 0 Å². The van der Waals surface area contributed by atoms with Crippen LogP contribution in [0.3, 0.4) is 0 Å². The minimum atomic E-state index is -3.47. The monoisotopic (exact) mass is 411 g/mol. The topological polar surface area (TPSA) is 46.6 Å². The summed E-state index contributed by atoms with van der Waals surface area (Å²) in [6.07, 6.45) is 4.49. The molecular weight excluding hydrogens is 382 g/mol. The van der Waals surface area contributed by atoms with Gasteiger partial charge in [-0.3, -0.25) is 0 Å². The number of hydrogen-bond donors (Lipinski definition) is 0. The first kappa shape index (κ1) is 20.2. The Balaban J connectivity index is 1.56. The van der Waals surface area contributed by atoms with Crippen LogP contribution in [0, 0.1) is 6.92 Å². The van der Waals surface area contributed by atoms with Crippen molar-refractivity contribution in [1.29, 1.82) is 0 Å². The van der Waals surface area contributed by atoms with E-state index in [4.69, 9.17) is 4.74 Å². The van der Waals surface area contributed by atoms with Gasteiger partial charge >= 0.3 is 0 Å². The van der Waals surface area contributed by atoms with Gasteiger partial charge in [0.25, 0.3) is 0 Å². The van der Waals surface area contributed by atoms with E-state index < -0.39 is 9.84 Å². The lowest BCUT2D eigenvalue weighted by Crippen LogP contribution is -2.35. The van der Waals surface area contributed by atoms with Crippen molar-refractivity contribution in [3.8, 4) is 0 Å². The standard InChI is InChI=1S/C24H29NO3S/c1-19-9-12-22(13-10-19)29(26,27)24-14-11-21-8-5-16-25(21)23(24)15-17-28-18-20-6-3-2-4-7-20/h2-4,6-7,9-10,12-13,21H,5,8,11,14-18H2,1H3/t21-/m0/s1. The molecule has 1 fully saturated rings. The lowest BCUT2D eigenvalue weighted by molar-refractivity contribution is 0.115. The largest absolute Gasteiger partial charge is 0.376 e. The number of benzene rings is 2. The molecule has 2 aromatic rings. The van der Waals surface area contributed by atoms with Crippen LogP contribution < -0.4 is 0 Å². The van der Waals surface area contributed by atoms with Crippen molar-refractivity contribution in [1.82, 2.24) is 4.90 Å². The molecule has 0 aliphatic carbocycles. The van der Waals surface area contributed by atoms with Gasteiger partial charge in [0.15, 0.2) is 0 Å². The molecule has 0 saturated carbocycles. The smallest absolute Gasteiger partial charge is 0.204 e. The van der Waals surface area contributed by atoms with Gasteiger partial charge in [0.2, 0.25) is 9.84 Å². The average Bonchev–Trinajstić information content (AvgIpc) is 3.21. The highest BCUT2D eigenvalue weighted by Crippen LogP contribution is 2.39. The summed E-state index contributed by atoms with van der Waals surface area (Å²) in [6, 6.07) is 17.8. The molecule has 1 atom stereocenters. The van der Waals surface area contributed by atoms with Gasteiger partial charge in [-0.05, 0) is 50.3 Å². The number of fused-ring (bicyclic) bond motifs is 1. The summed E-state index contributed by atoms with van der Waals surface area (Å²) < 4.78 is 32.8. The van der Waals surface area contributed by atoms with Gasteiger partial charge in [0.05, 0.1) is 23.0 Å². The molecule has 154 valence electrons. The predicted molar refractivity (Wildman–Crippen MR) is 115 cm³/mol. The van der Waals surface area contributed by atoms with E-state index in [0.717, 1.165) is 42.6 Å². The zero-order valence-corrected chi connectivity index (χ0v) is 17.8. The van der Waals surface area contributed by atoms with Gasteiger partial charge < -0.3 is 9.64 Å². The Labute approximate surface area is 174 Å². The SMILES string of the molecule is Cc1ccc(S(=O)(=O)C2=C(CCOCc3ccccc3)N3CCC[C@H]3CC2)cc1. The number of allylic oxidation sites excluding steroid dienone is 1. The molecule has 0 amide bonds. The number of ether oxygens (including phenoxy) is 1. The highest BCUT2D eigenvalue weighted by atomic mass is 32.2. The van der Waals surface area contributed by atoms with Crippen molar-refractivity contribution in [2.24, 2.45) is 0 Å². The summed E-state index contributed by atoms with van der Waals surface area (Å²) in [5, 5.41) is 0. The summed E-state index contributed by atoms with van der Waals surface area (Å²) in [7, 11) is -3.47. The lowest BCUT2D eigenvalue weighted by Gasteiger charge is -2.36. The van der Waals surface area contributed by atoms with Crippen LogP contribution in [0.2, 0.25) is 0 Å². The zero-order valence-electron chi connectivity index (χ0n) is 17.0. The Morgan fingerprint density at radius 3 is 2.55 bits per heavy atom. The minimum absolute atomic E-state index is 0.401. The van der Waals surface area contributed by atoms with Crippen LogP contribution in [-0.4, -0.2) is 32.5 Å². The van der Waals surface area contributed by atoms with Crippen LogP contribution in [0.25, 0.3) is 0 Å². The fourth-order valence-electron chi connectivity index (χ4n) is 4.46. The molecule has 0 aromatic heterocycles. The molecule has 1 saturated heterocycles. The molecule has 4 rings (SSSR count). The van der Waals surface area contributed by atoms with Crippen molar-refractivity contribution in [3.05, 3.63) is 76.3 Å². The van der Waals surface area contributed by atoms with Crippen molar-refractivity contribution in [3.63, 3.8) is 0 Å². The molecule has 2 heterocycles. The molecule has 29 heavy (non-hydrogen) atoms. The number of sulfone groups is 1. The molecule has 4 nitrogen and oxygen atoms in total. The number of nitrogens with zero attached hydrogens (tertiary/aromatic N) is 1. The first-order valence-corrected chi connectivity index (χ1v) is 12.0. The zero-order chi connectivity index (χ0) is 20.3. The summed E-state index contributed by atoms with van der Waals surface area (Å²) in [5.74, 6) is 0. The van der Waals surface area contributed by atoms with Crippen LogP contribution in [0.4, 0.5) is 0 Å². The van der Waals surface area contributed by atoms with Crippen molar-refractivity contribution < 1.29 is 13.2 Å². The molecule has 0 spiro atoms. The number of aryl methyl sites for hydroxylation is 1. The van der Waals surface area contributed by atoms with Crippen LogP contribution >= 0.6 is 0 Å². The Hall–Kier alpha value is -2.11. The lowest BCUT2D eigenvalue weighted by atomic mass is 10.0. The maximum atomic E-state index is 13.4. The summed E-state index contributed by atoms with van der Waals surface area (Å²) in [6.45, 7) is 4.00. The maximum absolute atomic E-state index is 13.4. The fraction of sp³-hybridized carbons (Fsp3) is 0.417. The van der Waals surface area contributed by atoms with Crippen LogP contribution in [-0.2, 0) is 21.2 Å². The van der Waals surface area contributed by atoms with Crippen LogP contribution in [0.1, 0.15) is 43.2 Å². The maximum Gasteiger partial charge on any atom is 0.204 e. The van der Waals surface area contributed by atoms with E-state index in [1.54, 1.807) is 12.1 Å². The Kier molecular flexibility index (Phi) is 6.07.